The fourth-order valence-electron chi connectivity index (χ4n) is 6.43. The molecule has 0 radical (unpaired) electrons. The minimum atomic E-state index is -2.33. The first-order valence-electron chi connectivity index (χ1n) is 13.6. The molecule has 0 spiro atoms. The van der Waals surface area contributed by atoms with Gasteiger partial charge in [0.1, 0.15) is 23.0 Å². The number of fused-ring (bicyclic) bond motifs is 7. The Labute approximate surface area is 242 Å². The predicted octanol–water partition coefficient (Wildman–Crippen LogP) is 8.42. The summed E-state index contributed by atoms with van der Waals surface area (Å²) in [5.74, 6) is 3.28. The average molecular weight is 564 g/mol. The van der Waals surface area contributed by atoms with Crippen molar-refractivity contribution in [2.45, 2.75) is 0 Å². The molecule has 0 N–H and O–H groups in total. The van der Waals surface area contributed by atoms with E-state index in [1.54, 1.807) is 0 Å². The number of hydrogen-bond acceptors (Lipinski definition) is 3. The van der Waals surface area contributed by atoms with Gasteiger partial charge in [0.2, 0.25) is 0 Å². The minimum absolute atomic E-state index is 0.798. The van der Waals surface area contributed by atoms with Gasteiger partial charge in [-0.1, -0.05) is 84.6 Å². The highest BCUT2D eigenvalue weighted by Crippen LogP contribution is 2.58. The van der Waals surface area contributed by atoms with Crippen LogP contribution in [0, 0.1) is 0 Å². The number of ether oxygens (including phenoxy) is 2. The Kier molecular flexibility index (Phi) is 4.76. The molecule has 5 heteroatoms. The zero-order valence-electron chi connectivity index (χ0n) is 21.8. The van der Waals surface area contributed by atoms with Crippen molar-refractivity contribution >= 4 is 55.6 Å². The molecule has 0 saturated carbocycles. The summed E-state index contributed by atoms with van der Waals surface area (Å²) in [5, 5.41) is 5.71. The molecule has 194 valence electrons. The summed E-state index contributed by atoms with van der Waals surface area (Å²) >= 11 is 6.61. The van der Waals surface area contributed by atoms with Gasteiger partial charge >= 0.3 is 0 Å². The summed E-state index contributed by atoms with van der Waals surface area (Å²) in [6, 6.07) is 44.3. The van der Waals surface area contributed by atoms with E-state index in [-0.39, 0.29) is 0 Å². The van der Waals surface area contributed by atoms with E-state index < -0.39 is 6.04 Å². The lowest BCUT2D eigenvalue weighted by molar-refractivity contribution is 0.466. The largest absolute Gasteiger partial charge is 0.456 e. The molecule has 1 aromatic heterocycles. The van der Waals surface area contributed by atoms with E-state index in [1.807, 2.05) is 36.4 Å². The van der Waals surface area contributed by atoms with Gasteiger partial charge in [0.05, 0.1) is 22.4 Å². The summed E-state index contributed by atoms with van der Waals surface area (Å²) in [7, 11) is 0. The summed E-state index contributed by atoms with van der Waals surface area (Å²) in [4.78, 5) is 0. The number of nitrogens with zero attached hydrogens (tertiary/aromatic N) is 1. The number of hydrogen-bond donors (Lipinski definition) is 0. The maximum absolute atomic E-state index is 6.61. The van der Waals surface area contributed by atoms with Crippen LogP contribution >= 0.6 is 6.04 Å². The standard InChI is InChI=1S/C36H22NO2PS/c41-40-34-15-6-5-12-30(34)38-31-13-7-14-32(36(31)40)39-33-22-24(18-21-35(33)40)23-16-19-25(20-17-23)37-28-10-3-1-8-26(28)27-9-2-4-11-29(27)37/h1-22H. The van der Waals surface area contributed by atoms with Crippen LogP contribution < -0.4 is 25.4 Å². The van der Waals surface area contributed by atoms with E-state index in [9.17, 15) is 0 Å². The number of aromatic nitrogens is 1. The summed E-state index contributed by atoms with van der Waals surface area (Å²) in [6.07, 6.45) is 0. The fraction of sp³-hybridized carbons (Fsp3) is 0. The molecule has 9 rings (SSSR count). The van der Waals surface area contributed by atoms with Crippen molar-refractivity contribution in [1.29, 1.82) is 0 Å². The second-order valence-corrected chi connectivity index (χ2v) is 14.8. The minimum Gasteiger partial charge on any atom is -0.456 e. The van der Waals surface area contributed by atoms with Gasteiger partial charge in [-0.2, -0.15) is 0 Å². The molecule has 1 unspecified atom stereocenters. The van der Waals surface area contributed by atoms with E-state index in [4.69, 9.17) is 21.3 Å². The van der Waals surface area contributed by atoms with E-state index in [0.717, 1.165) is 55.7 Å². The first-order valence-corrected chi connectivity index (χ1v) is 16.4. The normalized spacial score (nSPS) is 16.4. The third kappa shape index (κ3) is 3.18. The first kappa shape index (κ1) is 23.1. The number of benzene rings is 6. The van der Waals surface area contributed by atoms with Crippen LogP contribution in [0.3, 0.4) is 0 Å². The van der Waals surface area contributed by atoms with Crippen molar-refractivity contribution < 1.29 is 9.47 Å². The van der Waals surface area contributed by atoms with Crippen LogP contribution in [-0.4, -0.2) is 4.57 Å². The maximum atomic E-state index is 6.61. The highest BCUT2D eigenvalue weighted by Gasteiger charge is 2.42. The molecular formula is C36H22NO2PS. The Morgan fingerprint density at radius 1 is 0.488 bits per heavy atom. The van der Waals surface area contributed by atoms with Gasteiger partial charge in [0.25, 0.3) is 0 Å². The van der Waals surface area contributed by atoms with Gasteiger partial charge < -0.3 is 14.0 Å². The summed E-state index contributed by atoms with van der Waals surface area (Å²) in [5.41, 5.74) is 5.78. The Hall–Kier alpha value is -4.63. The lowest BCUT2D eigenvalue weighted by Gasteiger charge is -2.37. The van der Waals surface area contributed by atoms with E-state index >= 15 is 0 Å². The molecule has 0 amide bonds. The third-order valence-electron chi connectivity index (χ3n) is 8.26. The molecule has 2 aliphatic heterocycles. The predicted molar refractivity (Wildman–Crippen MR) is 172 cm³/mol. The van der Waals surface area contributed by atoms with Crippen molar-refractivity contribution in [3.05, 3.63) is 133 Å². The van der Waals surface area contributed by atoms with Gasteiger partial charge in [-0.05, 0) is 71.8 Å². The van der Waals surface area contributed by atoms with Crippen LogP contribution in [0.25, 0.3) is 38.6 Å². The molecule has 2 aliphatic rings. The van der Waals surface area contributed by atoms with Crippen molar-refractivity contribution in [2.24, 2.45) is 0 Å². The molecule has 0 fully saturated rings. The molecular weight excluding hydrogens is 541 g/mol. The van der Waals surface area contributed by atoms with Gasteiger partial charge in [-0.3, -0.25) is 0 Å². The lowest BCUT2D eigenvalue weighted by atomic mass is 10.0. The second kappa shape index (κ2) is 8.44. The zero-order chi connectivity index (χ0) is 27.1. The second-order valence-electron chi connectivity index (χ2n) is 10.5. The third-order valence-corrected chi connectivity index (χ3v) is 13.2. The van der Waals surface area contributed by atoms with Crippen LogP contribution in [0.1, 0.15) is 0 Å². The molecule has 0 bridgehead atoms. The van der Waals surface area contributed by atoms with E-state index in [2.05, 4.69) is 102 Å². The molecule has 7 aromatic rings. The summed E-state index contributed by atoms with van der Waals surface area (Å²) < 4.78 is 15.1. The number of rotatable bonds is 2. The van der Waals surface area contributed by atoms with Crippen LogP contribution in [0.2, 0.25) is 0 Å². The lowest BCUT2D eigenvalue weighted by Crippen LogP contribution is -2.34. The Morgan fingerprint density at radius 3 is 1.78 bits per heavy atom. The maximum Gasteiger partial charge on any atom is 0.140 e. The quantitative estimate of drug-likeness (QED) is 0.197. The van der Waals surface area contributed by atoms with Crippen LogP contribution in [0.4, 0.5) is 0 Å². The topological polar surface area (TPSA) is 23.4 Å². The Morgan fingerprint density at radius 2 is 1.05 bits per heavy atom. The van der Waals surface area contributed by atoms with Gasteiger partial charge in [-0.25, -0.2) is 0 Å². The molecule has 0 saturated heterocycles. The van der Waals surface area contributed by atoms with Crippen molar-refractivity contribution in [2.75, 3.05) is 0 Å². The average Bonchev–Trinajstić information content (AvgIpc) is 3.36. The van der Waals surface area contributed by atoms with Gasteiger partial charge in [0.15, 0.2) is 0 Å². The van der Waals surface area contributed by atoms with Crippen molar-refractivity contribution in [3.8, 4) is 39.8 Å². The highest BCUT2D eigenvalue weighted by molar-refractivity contribution is 8.26. The smallest absolute Gasteiger partial charge is 0.140 e. The van der Waals surface area contributed by atoms with Crippen LogP contribution in [-0.2, 0) is 11.8 Å². The first-order chi connectivity index (χ1) is 20.2. The zero-order valence-corrected chi connectivity index (χ0v) is 23.5. The van der Waals surface area contributed by atoms with E-state index in [0.29, 0.717) is 0 Å². The SMILES string of the molecule is S=P12c3ccccc3Oc3cccc(c31)Oc1cc(-c3ccc(-n4c5ccccc5c5ccccc54)cc3)ccc12. The molecule has 0 aliphatic carbocycles. The monoisotopic (exact) mass is 563 g/mol. The Balaban J connectivity index is 1.16. The number of para-hydroxylation sites is 3. The van der Waals surface area contributed by atoms with Crippen molar-refractivity contribution in [1.82, 2.24) is 4.57 Å². The molecule has 41 heavy (non-hydrogen) atoms. The molecule has 1 atom stereocenters. The molecule has 6 aromatic carbocycles. The van der Waals surface area contributed by atoms with Crippen LogP contribution in [0.5, 0.6) is 23.0 Å². The van der Waals surface area contributed by atoms with E-state index in [1.165, 1.54) is 21.8 Å². The Bertz CT molecular complexity index is 2200. The fourth-order valence-corrected chi connectivity index (χ4v) is 10.9. The highest BCUT2D eigenvalue weighted by atomic mass is 32.4. The van der Waals surface area contributed by atoms with Gasteiger partial charge in [0, 0.05) is 27.1 Å². The molecule has 3 nitrogen and oxygen atoms in total. The molecule has 3 heterocycles. The van der Waals surface area contributed by atoms with Gasteiger partial charge in [-0.15, -0.1) is 0 Å². The summed E-state index contributed by atoms with van der Waals surface area (Å²) in [6.45, 7) is 0. The van der Waals surface area contributed by atoms with Crippen LogP contribution in [0.15, 0.2) is 133 Å². The van der Waals surface area contributed by atoms with Crippen molar-refractivity contribution in [3.63, 3.8) is 0 Å².